The second-order valence-electron chi connectivity index (χ2n) is 8.37. The summed E-state index contributed by atoms with van der Waals surface area (Å²) in [6, 6.07) is 43.1. The van der Waals surface area contributed by atoms with Gasteiger partial charge >= 0.3 is 21.7 Å². The summed E-state index contributed by atoms with van der Waals surface area (Å²) in [6.07, 6.45) is 0. The number of halogens is 2. The van der Waals surface area contributed by atoms with Gasteiger partial charge in [-0.2, -0.15) is 23.3 Å². The second kappa shape index (κ2) is 12.9. The van der Waals surface area contributed by atoms with E-state index >= 15 is 0 Å². The van der Waals surface area contributed by atoms with Crippen LogP contribution in [0.4, 0.5) is 0 Å². The number of hydrogen-bond acceptors (Lipinski definition) is 0. The number of hydrogen-bond donors (Lipinski definition) is 0. The second-order valence-corrected chi connectivity index (χ2v) is 8.37. The van der Waals surface area contributed by atoms with Crippen molar-refractivity contribution in [2.75, 3.05) is 0 Å². The Morgan fingerprint density at radius 2 is 0.829 bits per heavy atom. The molecule has 0 heterocycles. The van der Waals surface area contributed by atoms with Crippen molar-refractivity contribution in [3.05, 3.63) is 132 Å². The van der Waals surface area contributed by atoms with E-state index < -0.39 is 0 Å². The van der Waals surface area contributed by atoms with Crippen LogP contribution in [0.25, 0.3) is 43.8 Å². The molecule has 0 N–H and O–H groups in total. The molecule has 0 bridgehead atoms. The molecule has 3 heteroatoms. The summed E-state index contributed by atoms with van der Waals surface area (Å²) < 4.78 is 0. The minimum absolute atomic E-state index is 0. The van der Waals surface area contributed by atoms with Crippen LogP contribution in [0.1, 0.15) is 11.1 Å². The van der Waals surface area contributed by atoms with Crippen molar-refractivity contribution in [2.45, 2.75) is 13.8 Å². The van der Waals surface area contributed by atoms with Crippen LogP contribution in [0.15, 0.2) is 121 Å². The molecule has 172 valence electrons. The van der Waals surface area contributed by atoms with Gasteiger partial charge in [0.05, 0.1) is 0 Å². The molecule has 0 saturated carbocycles. The van der Waals surface area contributed by atoms with Crippen molar-refractivity contribution >= 4 is 21.5 Å². The third-order valence-electron chi connectivity index (χ3n) is 6.20. The maximum Gasteiger partial charge on any atom is 4.00 e. The first-order valence-corrected chi connectivity index (χ1v) is 11.1. The Bertz CT molecular complexity index is 1360. The molecular weight excluding hydrogens is 503 g/mol. The Morgan fingerprint density at radius 3 is 1.20 bits per heavy atom. The predicted octanol–water partition coefficient (Wildman–Crippen LogP) is 3.07. The van der Waals surface area contributed by atoms with E-state index in [-0.39, 0.29) is 46.5 Å². The summed E-state index contributed by atoms with van der Waals surface area (Å²) in [4.78, 5) is 0. The van der Waals surface area contributed by atoms with Crippen LogP contribution in [0.5, 0.6) is 0 Å². The van der Waals surface area contributed by atoms with E-state index in [1.807, 2.05) is 0 Å². The molecule has 0 aromatic heterocycles. The maximum absolute atomic E-state index is 2.28. The summed E-state index contributed by atoms with van der Waals surface area (Å²) >= 11 is 0. The molecule has 0 aliphatic heterocycles. The van der Waals surface area contributed by atoms with Gasteiger partial charge in [-0.3, -0.25) is 0 Å². The molecule has 0 spiro atoms. The van der Waals surface area contributed by atoms with Gasteiger partial charge in [-0.25, -0.2) is 0 Å². The van der Waals surface area contributed by atoms with Gasteiger partial charge in [-0.1, -0.05) is 98.8 Å². The van der Waals surface area contributed by atoms with Gasteiger partial charge in [-0.05, 0) is 22.3 Å². The quantitative estimate of drug-likeness (QED) is 0.239. The van der Waals surface area contributed by atoms with Crippen LogP contribution in [0.2, 0.25) is 0 Å². The summed E-state index contributed by atoms with van der Waals surface area (Å²) in [5.41, 5.74) is 7.86. The summed E-state index contributed by atoms with van der Waals surface area (Å²) in [7, 11) is 0. The summed E-state index contributed by atoms with van der Waals surface area (Å²) in [6.45, 7) is 4.33. The monoisotopic (exact) mass is 528 g/mol. The summed E-state index contributed by atoms with van der Waals surface area (Å²) in [5, 5.41) is 5.39. The van der Waals surface area contributed by atoms with Crippen LogP contribution < -0.4 is 24.8 Å². The van der Waals surface area contributed by atoms with E-state index in [0.29, 0.717) is 0 Å². The molecule has 0 unspecified atom stereocenters. The zero-order chi connectivity index (χ0) is 21.9. The van der Waals surface area contributed by atoms with Crippen LogP contribution in [-0.4, -0.2) is 0 Å². The normalized spacial score (nSPS) is 9.89. The van der Waals surface area contributed by atoms with Crippen molar-refractivity contribution in [2.24, 2.45) is 0 Å². The molecule has 0 aliphatic carbocycles. The van der Waals surface area contributed by atoms with Crippen molar-refractivity contribution in [3.8, 4) is 22.3 Å². The van der Waals surface area contributed by atoms with E-state index in [1.165, 1.54) is 54.9 Å². The average molecular weight is 529 g/mol. The number of rotatable bonds is 2. The minimum Gasteiger partial charge on any atom is -1.00 e. The first kappa shape index (κ1) is 28.6. The zero-order valence-corrected chi connectivity index (χ0v) is 22.9. The largest absolute Gasteiger partial charge is 4.00 e. The first-order chi connectivity index (χ1) is 15.7. The topological polar surface area (TPSA) is 0 Å². The third-order valence-corrected chi connectivity index (χ3v) is 6.20. The Kier molecular flexibility index (Phi) is 10.6. The van der Waals surface area contributed by atoms with E-state index in [2.05, 4.69) is 135 Å². The molecule has 6 aromatic rings. The molecule has 0 nitrogen and oxygen atoms in total. The zero-order valence-electron chi connectivity index (χ0n) is 19.8. The Morgan fingerprint density at radius 1 is 0.457 bits per heavy atom. The summed E-state index contributed by atoms with van der Waals surface area (Å²) in [5.74, 6) is 0. The molecule has 0 radical (unpaired) electrons. The van der Waals surface area contributed by atoms with Gasteiger partial charge < -0.3 is 24.8 Å². The van der Waals surface area contributed by atoms with Crippen molar-refractivity contribution in [3.63, 3.8) is 0 Å². The predicted molar refractivity (Wildman–Crippen MR) is 139 cm³/mol. The molecule has 0 atom stereocenters. The van der Waals surface area contributed by atoms with Crippen molar-refractivity contribution in [1.82, 2.24) is 0 Å². The van der Waals surface area contributed by atoms with E-state index in [9.17, 15) is 0 Å². The standard InChI is InChI=1S/2C16H13.2ClH.Ti/c2*1-12-7-8-14-9-10-15(11-16(12)14)13-5-3-2-4-6-13;;;/h2*2-11H,1H3;2*1H;/q2*-1;;;+4/p-2. The minimum atomic E-state index is 0. The van der Waals surface area contributed by atoms with Gasteiger partial charge in [0.2, 0.25) is 0 Å². The smallest absolute Gasteiger partial charge is 1.00 e. The fourth-order valence-electron chi connectivity index (χ4n) is 4.32. The number of aryl methyl sites for hydroxylation is 2. The number of fused-ring (bicyclic) bond motifs is 2. The molecule has 0 fully saturated rings. The molecule has 6 aromatic carbocycles. The molecule has 35 heavy (non-hydrogen) atoms. The van der Waals surface area contributed by atoms with Crippen LogP contribution in [0, 0.1) is 13.8 Å². The van der Waals surface area contributed by atoms with Crippen molar-refractivity contribution in [1.29, 1.82) is 0 Å². The van der Waals surface area contributed by atoms with E-state index in [1.54, 1.807) is 0 Å². The average Bonchev–Trinajstić information content (AvgIpc) is 3.42. The molecule has 0 saturated heterocycles. The Hall–Kier alpha value is -2.61. The van der Waals surface area contributed by atoms with Crippen LogP contribution >= 0.6 is 0 Å². The van der Waals surface area contributed by atoms with Gasteiger partial charge in [0, 0.05) is 0 Å². The van der Waals surface area contributed by atoms with E-state index in [0.717, 1.165) is 0 Å². The first-order valence-electron chi connectivity index (χ1n) is 11.1. The van der Waals surface area contributed by atoms with Gasteiger partial charge in [0.1, 0.15) is 0 Å². The van der Waals surface area contributed by atoms with Gasteiger partial charge in [-0.15, -0.1) is 45.8 Å². The van der Waals surface area contributed by atoms with Crippen molar-refractivity contribution < 1.29 is 46.5 Å². The molecular formula is C32H26Cl2Ti. The number of benzene rings is 4. The van der Waals surface area contributed by atoms with Gasteiger partial charge in [0.25, 0.3) is 0 Å². The fraction of sp³-hybridized carbons (Fsp3) is 0.0625. The third kappa shape index (κ3) is 6.34. The molecule has 6 rings (SSSR count). The fourth-order valence-corrected chi connectivity index (χ4v) is 4.32. The molecule has 0 amide bonds. The van der Waals surface area contributed by atoms with E-state index in [4.69, 9.17) is 0 Å². The van der Waals surface area contributed by atoms with Crippen LogP contribution in [-0.2, 0) is 21.7 Å². The Labute approximate surface area is 235 Å². The Balaban J connectivity index is 0.000000227. The SMILES string of the molecule is Cc1c[cH-]c2ccc(-c3ccccc3)cc12.Cc1c[cH-]c2ccc(-c3ccccc3)cc12.[Cl-].[Cl-].[Ti+4]. The maximum atomic E-state index is 2.28. The molecule has 0 aliphatic rings. The van der Waals surface area contributed by atoms with Crippen LogP contribution in [0.3, 0.4) is 0 Å². The van der Waals surface area contributed by atoms with Gasteiger partial charge in [0.15, 0.2) is 0 Å².